The third kappa shape index (κ3) is 1.91. The Balaban J connectivity index is 2.14. The molecule has 2 aromatic rings. The molecule has 2 rings (SSSR count). The summed E-state index contributed by atoms with van der Waals surface area (Å²) in [5.74, 6) is 0.174. The average molecular weight is 223 g/mol. The average Bonchev–Trinajstić information content (AvgIpc) is 2.75. The summed E-state index contributed by atoms with van der Waals surface area (Å²) >= 11 is 3.04. The van der Waals surface area contributed by atoms with E-state index in [1.54, 1.807) is 16.8 Å². The molecule has 0 atom stereocenters. The Hall–Kier alpha value is -1.000. The lowest BCUT2D eigenvalue weighted by Crippen LogP contribution is -2.01. The topological polar surface area (TPSA) is 30.0 Å². The molecule has 0 amide bonds. The van der Waals surface area contributed by atoms with Crippen molar-refractivity contribution in [3.63, 3.8) is 0 Å². The summed E-state index contributed by atoms with van der Waals surface area (Å²) in [5.41, 5.74) is 2.56. The van der Waals surface area contributed by atoms with E-state index < -0.39 is 0 Å². The minimum atomic E-state index is 0.174. The predicted octanol–water partition coefficient (Wildman–Crippen LogP) is 2.94. The number of rotatable bonds is 3. The van der Waals surface area contributed by atoms with Crippen molar-refractivity contribution in [2.45, 2.75) is 13.3 Å². The van der Waals surface area contributed by atoms with Crippen LogP contribution in [0.4, 0.5) is 0 Å². The third-order valence-corrected chi connectivity index (χ3v) is 3.76. The van der Waals surface area contributed by atoms with Gasteiger partial charge in [-0.15, -0.1) is 22.7 Å². The Labute approximate surface area is 90.2 Å². The van der Waals surface area contributed by atoms with Gasteiger partial charge in [-0.2, -0.15) is 0 Å². The van der Waals surface area contributed by atoms with E-state index in [9.17, 15) is 4.79 Å². The van der Waals surface area contributed by atoms with Gasteiger partial charge in [-0.25, -0.2) is 4.98 Å². The van der Waals surface area contributed by atoms with Crippen LogP contribution in [0.5, 0.6) is 0 Å². The number of Topliss-reactive ketones (excluding diaryl/α,β-unsaturated/α-hetero) is 1. The zero-order chi connectivity index (χ0) is 9.97. The highest BCUT2D eigenvalue weighted by Gasteiger charge is 2.12. The summed E-state index contributed by atoms with van der Waals surface area (Å²) < 4.78 is 0. The van der Waals surface area contributed by atoms with Crippen LogP contribution >= 0.6 is 22.7 Å². The number of thiophene rings is 1. The van der Waals surface area contributed by atoms with Gasteiger partial charge >= 0.3 is 0 Å². The van der Waals surface area contributed by atoms with Crippen molar-refractivity contribution in [2.75, 3.05) is 0 Å². The molecule has 0 radical (unpaired) electrons. The van der Waals surface area contributed by atoms with E-state index in [1.807, 2.05) is 24.4 Å². The Morgan fingerprint density at radius 2 is 2.36 bits per heavy atom. The molecule has 0 aromatic carbocycles. The Bertz CT molecular complexity index is 431. The lowest BCUT2D eigenvalue weighted by molar-refractivity contribution is 0.0997. The monoisotopic (exact) mass is 223 g/mol. The first kappa shape index (κ1) is 9.55. The highest BCUT2D eigenvalue weighted by atomic mass is 32.1. The minimum absolute atomic E-state index is 0.174. The summed E-state index contributed by atoms with van der Waals surface area (Å²) in [5, 5.41) is 1.99. The largest absolute Gasteiger partial charge is 0.293 e. The number of nitrogens with zero attached hydrogens (tertiary/aromatic N) is 1. The van der Waals surface area contributed by atoms with Crippen LogP contribution in [0.2, 0.25) is 0 Å². The maximum atomic E-state index is 11.8. The van der Waals surface area contributed by atoms with Crippen LogP contribution in [-0.2, 0) is 6.42 Å². The molecule has 0 aliphatic carbocycles. The highest BCUT2D eigenvalue weighted by Crippen LogP contribution is 2.17. The molecule has 2 aromatic heterocycles. The number of thiazole rings is 1. The van der Waals surface area contributed by atoms with Gasteiger partial charge in [0.1, 0.15) is 0 Å². The first-order valence-corrected chi connectivity index (χ1v) is 5.99. The van der Waals surface area contributed by atoms with Gasteiger partial charge in [0.25, 0.3) is 0 Å². The minimum Gasteiger partial charge on any atom is -0.293 e. The van der Waals surface area contributed by atoms with Gasteiger partial charge in [-0.1, -0.05) is 6.07 Å². The molecule has 0 spiro atoms. The predicted molar refractivity (Wildman–Crippen MR) is 59.2 cm³/mol. The van der Waals surface area contributed by atoms with E-state index >= 15 is 0 Å². The fourth-order valence-electron chi connectivity index (χ4n) is 1.22. The number of hydrogen-bond donors (Lipinski definition) is 0. The summed E-state index contributed by atoms with van der Waals surface area (Å²) in [6, 6.07) is 3.95. The van der Waals surface area contributed by atoms with Gasteiger partial charge in [0, 0.05) is 11.3 Å². The normalized spacial score (nSPS) is 10.4. The fourth-order valence-corrected chi connectivity index (χ4v) is 2.67. The molecule has 0 aliphatic rings. The Morgan fingerprint density at radius 1 is 1.50 bits per heavy atom. The fraction of sp³-hybridized carbons (Fsp3) is 0.200. The van der Waals surface area contributed by atoms with Crippen LogP contribution < -0.4 is 0 Å². The number of aryl methyl sites for hydroxylation is 1. The standard InChI is InChI=1S/C10H9NOS2/c1-7-10(14-6-11-7)9(12)5-8-3-2-4-13-8/h2-4,6H,5H2,1H3. The van der Waals surface area contributed by atoms with E-state index in [-0.39, 0.29) is 5.78 Å². The van der Waals surface area contributed by atoms with E-state index in [4.69, 9.17) is 0 Å². The van der Waals surface area contributed by atoms with Crippen LogP contribution in [0.1, 0.15) is 20.2 Å². The molecular formula is C10H9NOS2. The lowest BCUT2D eigenvalue weighted by Gasteiger charge is -1.95. The first-order valence-electron chi connectivity index (χ1n) is 4.23. The summed E-state index contributed by atoms with van der Waals surface area (Å²) in [6.45, 7) is 1.87. The van der Waals surface area contributed by atoms with Crippen molar-refractivity contribution in [1.29, 1.82) is 0 Å². The van der Waals surface area contributed by atoms with E-state index in [2.05, 4.69) is 4.98 Å². The van der Waals surface area contributed by atoms with Crippen LogP contribution in [-0.4, -0.2) is 10.8 Å². The number of ketones is 1. The molecule has 0 fully saturated rings. The van der Waals surface area contributed by atoms with Crippen LogP contribution in [0.15, 0.2) is 23.0 Å². The summed E-state index contributed by atoms with van der Waals surface area (Å²) in [7, 11) is 0. The maximum absolute atomic E-state index is 11.8. The zero-order valence-corrected chi connectivity index (χ0v) is 9.32. The third-order valence-electron chi connectivity index (χ3n) is 1.91. The second kappa shape index (κ2) is 4.02. The van der Waals surface area contributed by atoms with Gasteiger partial charge in [0.2, 0.25) is 0 Å². The van der Waals surface area contributed by atoms with E-state index in [0.717, 1.165) is 15.4 Å². The Morgan fingerprint density at radius 3 is 2.93 bits per heavy atom. The summed E-state index contributed by atoms with van der Waals surface area (Å²) in [4.78, 5) is 17.7. The van der Waals surface area contributed by atoms with Crippen molar-refractivity contribution in [3.8, 4) is 0 Å². The quantitative estimate of drug-likeness (QED) is 0.749. The first-order chi connectivity index (χ1) is 6.77. The molecule has 0 N–H and O–H groups in total. The van der Waals surface area contributed by atoms with Crippen molar-refractivity contribution in [2.24, 2.45) is 0 Å². The number of carbonyl (C=O) groups excluding carboxylic acids is 1. The Kier molecular flexibility index (Phi) is 2.74. The van der Waals surface area contributed by atoms with Crippen molar-refractivity contribution >= 4 is 28.5 Å². The van der Waals surface area contributed by atoms with Gasteiger partial charge < -0.3 is 0 Å². The van der Waals surface area contributed by atoms with Gasteiger partial charge in [0.15, 0.2) is 5.78 Å². The molecule has 0 saturated carbocycles. The van der Waals surface area contributed by atoms with E-state index in [0.29, 0.717) is 6.42 Å². The second-order valence-corrected chi connectivity index (χ2v) is 4.83. The molecule has 2 heterocycles. The number of hydrogen-bond acceptors (Lipinski definition) is 4. The van der Waals surface area contributed by atoms with E-state index in [1.165, 1.54) is 11.3 Å². The molecular weight excluding hydrogens is 214 g/mol. The molecule has 2 nitrogen and oxygen atoms in total. The van der Waals surface area contributed by atoms with Crippen LogP contribution in [0.25, 0.3) is 0 Å². The second-order valence-electron chi connectivity index (χ2n) is 2.95. The van der Waals surface area contributed by atoms with Crippen molar-refractivity contribution < 1.29 is 4.79 Å². The summed E-state index contributed by atoms with van der Waals surface area (Å²) in [6.07, 6.45) is 0.501. The smallest absolute Gasteiger partial charge is 0.179 e. The number of aromatic nitrogens is 1. The molecule has 0 unspecified atom stereocenters. The molecule has 4 heteroatoms. The maximum Gasteiger partial charge on any atom is 0.179 e. The van der Waals surface area contributed by atoms with Gasteiger partial charge in [-0.05, 0) is 18.4 Å². The SMILES string of the molecule is Cc1ncsc1C(=O)Cc1cccs1. The highest BCUT2D eigenvalue weighted by molar-refractivity contribution is 7.12. The zero-order valence-electron chi connectivity index (χ0n) is 7.69. The van der Waals surface area contributed by atoms with Crippen LogP contribution in [0, 0.1) is 6.92 Å². The number of carbonyl (C=O) groups is 1. The lowest BCUT2D eigenvalue weighted by atomic mass is 10.2. The van der Waals surface area contributed by atoms with Gasteiger partial charge in [-0.3, -0.25) is 4.79 Å². The molecule has 0 bridgehead atoms. The molecule has 0 aliphatic heterocycles. The molecule has 14 heavy (non-hydrogen) atoms. The van der Waals surface area contributed by atoms with Crippen molar-refractivity contribution in [3.05, 3.63) is 38.5 Å². The van der Waals surface area contributed by atoms with Crippen molar-refractivity contribution in [1.82, 2.24) is 4.98 Å². The molecule has 0 saturated heterocycles. The van der Waals surface area contributed by atoms with Crippen LogP contribution in [0.3, 0.4) is 0 Å². The van der Waals surface area contributed by atoms with Gasteiger partial charge in [0.05, 0.1) is 16.1 Å². The molecule has 72 valence electrons.